The number of ketones is 1. The molecular weight excluding hydrogens is 276 g/mol. The van der Waals surface area contributed by atoms with Gasteiger partial charge >= 0.3 is 5.97 Å². The third-order valence-electron chi connectivity index (χ3n) is 4.00. The lowest BCUT2D eigenvalue weighted by atomic mass is 9.87. The van der Waals surface area contributed by atoms with Gasteiger partial charge in [0, 0.05) is 17.9 Å². The van der Waals surface area contributed by atoms with Gasteiger partial charge in [-0.05, 0) is 42.9 Å². The van der Waals surface area contributed by atoms with Gasteiger partial charge in [0.25, 0.3) is 0 Å². The number of Topliss-reactive ketones (excluding diaryl/α,β-unsaturated/α-hetero) is 1. The van der Waals surface area contributed by atoms with Crippen LogP contribution < -0.4 is 0 Å². The number of methoxy groups -OCH3 is 1. The van der Waals surface area contributed by atoms with Crippen LogP contribution in [-0.2, 0) is 14.3 Å². The Morgan fingerprint density at radius 2 is 2.25 bits per heavy atom. The molecule has 1 aromatic carbocycles. The number of hydrogen-bond acceptors (Lipinski definition) is 3. The van der Waals surface area contributed by atoms with Gasteiger partial charge < -0.3 is 4.74 Å². The topological polar surface area (TPSA) is 43.4 Å². The zero-order valence-corrected chi connectivity index (χ0v) is 12.6. The van der Waals surface area contributed by atoms with Gasteiger partial charge in [-0.15, -0.1) is 0 Å². The zero-order valence-electron chi connectivity index (χ0n) is 11.8. The molecule has 3 nitrogen and oxygen atoms in total. The van der Waals surface area contributed by atoms with Gasteiger partial charge in [0.05, 0.1) is 13.0 Å². The highest BCUT2D eigenvalue weighted by molar-refractivity contribution is 6.31. The number of esters is 1. The van der Waals surface area contributed by atoms with Crippen molar-refractivity contribution in [2.24, 2.45) is 5.92 Å². The fourth-order valence-corrected chi connectivity index (χ4v) is 2.95. The van der Waals surface area contributed by atoms with E-state index in [0.29, 0.717) is 30.1 Å². The van der Waals surface area contributed by atoms with Crippen LogP contribution in [0.2, 0.25) is 5.02 Å². The van der Waals surface area contributed by atoms with Crippen LogP contribution >= 0.6 is 11.6 Å². The zero-order chi connectivity index (χ0) is 14.7. The van der Waals surface area contributed by atoms with Crippen LogP contribution in [0.25, 0.3) is 0 Å². The molecule has 4 heteroatoms. The SMILES string of the molecule is COC(=O)C(CC1CCC(=O)C1)c1ccc(C)c(Cl)c1. The summed E-state index contributed by atoms with van der Waals surface area (Å²) in [6.45, 7) is 1.93. The van der Waals surface area contributed by atoms with Crippen molar-refractivity contribution in [1.82, 2.24) is 0 Å². The van der Waals surface area contributed by atoms with Crippen LogP contribution in [-0.4, -0.2) is 18.9 Å². The minimum atomic E-state index is -0.339. The Morgan fingerprint density at radius 1 is 1.50 bits per heavy atom. The molecule has 0 heterocycles. The molecule has 0 radical (unpaired) electrons. The summed E-state index contributed by atoms with van der Waals surface area (Å²) in [5.74, 6) is -0.0366. The van der Waals surface area contributed by atoms with E-state index in [1.54, 1.807) is 0 Å². The molecule has 2 rings (SSSR count). The Morgan fingerprint density at radius 3 is 2.80 bits per heavy atom. The molecule has 2 atom stereocenters. The summed E-state index contributed by atoms with van der Waals surface area (Å²) in [5.41, 5.74) is 1.85. The highest BCUT2D eigenvalue weighted by atomic mass is 35.5. The van der Waals surface area contributed by atoms with E-state index < -0.39 is 0 Å². The Kier molecular flexibility index (Phi) is 4.81. The lowest BCUT2D eigenvalue weighted by Gasteiger charge is -2.19. The van der Waals surface area contributed by atoms with E-state index in [1.807, 2.05) is 25.1 Å². The predicted octanol–water partition coefficient (Wildman–Crippen LogP) is 3.66. The van der Waals surface area contributed by atoms with E-state index in [1.165, 1.54) is 7.11 Å². The molecule has 0 aliphatic heterocycles. The Balaban J connectivity index is 2.20. The van der Waals surface area contributed by atoms with E-state index in [-0.39, 0.29) is 17.8 Å². The van der Waals surface area contributed by atoms with Crippen molar-refractivity contribution in [2.45, 2.75) is 38.5 Å². The lowest BCUT2D eigenvalue weighted by molar-refractivity contribution is -0.143. The van der Waals surface area contributed by atoms with E-state index >= 15 is 0 Å². The number of benzene rings is 1. The number of hydrogen-bond donors (Lipinski definition) is 0. The number of rotatable bonds is 4. The van der Waals surface area contributed by atoms with Gasteiger partial charge in [-0.2, -0.15) is 0 Å². The van der Waals surface area contributed by atoms with Gasteiger partial charge in [-0.1, -0.05) is 23.7 Å². The van der Waals surface area contributed by atoms with Gasteiger partial charge in [-0.3, -0.25) is 9.59 Å². The largest absolute Gasteiger partial charge is 0.469 e. The highest BCUT2D eigenvalue weighted by Crippen LogP contribution is 2.34. The smallest absolute Gasteiger partial charge is 0.313 e. The van der Waals surface area contributed by atoms with Crippen LogP contribution in [0.3, 0.4) is 0 Å². The summed E-state index contributed by atoms with van der Waals surface area (Å²) in [4.78, 5) is 23.4. The number of carbonyl (C=O) groups is 2. The van der Waals surface area contributed by atoms with Crippen molar-refractivity contribution < 1.29 is 14.3 Å². The van der Waals surface area contributed by atoms with Crippen molar-refractivity contribution >= 4 is 23.4 Å². The first-order valence-corrected chi connectivity index (χ1v) is 7.24. The molecule has 1 aliphatic carbocycles. The molecule has 2 unspecified atom stereocenters. The predicted molar refractivity (Wildman–Crippen MR) is 77.9 cm³/mol. The molecule has 1 aromatic rings. The van der Waals surface area contributed by atoms with Crippen molar-refractivity contribution in [3.63, 3.8) is 0 Å². The molecule has 0 aromatic heterocycles. The molecular formula is C16H19ClO3. The minimum absolute atomic E-state index is 0.260. The summed E-state index contributed by atoms with van der Waals surface area (Å²) < 4.78 is 4.91. The molecule has 1 saturated carbocycles. The van der Waals surface area contributed by atoms with Crippen LogP contribution in [0, 0.1) is 12.8 Å². The first kappa shape index (κ1) is 15.0. The number of carbonyl (C=O) groups excluding carboxylic acids is 2. The summed E-state index contributed by atoms with van der Waals surface area (Å²) in [6.07, 6.45) is 2.73. The van der Waals surface area contributed by atoms with Crippen molar-refractivity contribution in [1.29, 1.82) is 0 Å². The van der Waals surface area contributed by atoms with E-state index in [2.05, 4.69) is 0 Å². The molecule has 0 saturated heterocycles. The Bertz CT molecular complexity index is 524. The summed E-state index contributed by atoms with van der Waals surface area (Å²) >= 11 is 6.14. The fourth-order valence-electron chi connectivity index (χ4n) is 2.76. The Labute approximate surface area is 124 Å². The quantitative estimate of drug-likeness (QED) is 0.796. The molecule has 1 fully saturated rings. The second-order valence-corrected chi connectivity index (χ2v) is 5.87. The summed E-state index contributed by atoms with van der Waals surface area (Å²) in [6, 6.07) is 5.65. The van der Waals surface area contributed by atoms with Crippen LogP contribution in [0.4, 0.5) is 0 Å². The maximum atomic E-state index is 12.0. The maximum absolute atomic E-state index is 12.0. The number of ether oxygens (including phenoxy) is 1. The number of aryl methyl sites for hydroxylation is 1. The minimum Gasteiger partial charge on any atom is -0.469 e. The number of halogens is 1. The molecule has 0 amide bonds. The van der Waals surface area contributed by atoms with Crippen LogP contribution in [0.5, 0.6) is 0 Å². The second-order valence-electron chi connectivity index (χ2n) is 5.47. The average Bonchev–Trinajstić information content (AvgIpc) is 2.84. The maximum Gasteiger partial charge on any atom is 0.313 e. The van der Waals surface area contributed by atoms with Crippen molar-refractivity contribution in [3.05, 3.63) is 34.3 Å². The molecule has 20 heavy (non-hydrogen) atoms. The molecule has 0 bridgehead atoms. The van der Waals surface area contributed by atoms with E-state index in [0.717, 1.165) is 17.5 Å². The van der Waals surface area contributed by atoms with E-state index in [4.69, 9.17) is 16.3 Å². The van der Waals surface area contributed by atoms with Crippen molar-refractivity contribution in [2.75, 3.05) is 7.11 Å². The first-order chi connectivity index (χ1) is 9.51. The van der Waals surface area contributed by atoms with E-state index in [9.17, 15) is 9.59 Å². The van der Waals surface area contributed by atoms with Gasteiger partial charge in [0.1, 0.15) is 5.78 Å². The molecule has 0 spiro atoms. The summed E-state index contributed by atoms with van der Waals surface area (Å²) in [5, 5.41) is 0.652. The summed E-state index contributed by atoms with van der Waals surface area (Å²) in [7, 11) is 1.39. The van der Waals surface area contributed by atoms with Crippen LogP contribution in [0.1, 0.15) is 42.7 Å². The van der Waals surface area contributed by atoms with Gasteiger partial charge in [-0.25, -0.2) is 0 Å². The second kappa shape index (κ2) is 6.40. The average molecular weight is 295 g/mol. The first-order valence-electron chi connectivity index (χ1n) is 6.87. The van der Waals surface area contributed by atoms with Gasteiger partial charge in [0.2, 0.25) is 0 Å². The standard InChI is InChI=1S/C16H19ClO3/c1-10-3-5-12(9-15(10)17)14(16(19)20-2)8-11-4-6-13(18)7-11/h3,5,9,11,14H,4,6-8H2,1-2H3. The molecule has 108 valence electrons. The molecule has 0 N–H and O–H groups in total. The highest BCUT2D eigenvalue weighted by Gasteiger charge is 2.30. The molecule has 1 aliphatic rings. The lowest BCUT2D eigenvalue weighted by Crippen LogP contribution is -2.17. The van der Waals surface area contributed by atoms with Crippen LogP contribution in [0.15, 0.2) is 18.2 Å². The fraction of sp³-hybridized carbons (Fsp3) is 0.500. The third-order valence-corrected chi connectivity index (χ3v) is 4.41. The third kappa shape index (κ3) is 3.40. The van der Waals surface area contributed by atoms with Gasteiger partial charge in [0.15, 0.2) is 0 Å². The monoisotopic (exact) mass is 294 g/mol. The Hall–Kier alpha value is -1.35. The normalized spacial score (nSPS) is 19.9. The van der Waals surface area contributed by atoms with Crippen molar-refractivity contribution in [3.8, 4) is 0 Å².